The second kappa shape index (κ2) is 7.17. The molecule has 0 aliphatic carbocycles. The maximum atomic E-state index is 12.1. The van der Waals surface area contributed by atoms with Crippen molar-refractivity contribution in [2.45, 2.75) is 13.0 Å². The number of aldehydes is 1. The molecule has 0 bridgehead atoms. The van der Waals surface area contributed by atoms with Crippen LogP contribution in [0, 0.1) is 0 Å². The van der Waals surface area contributed by atoms with E-state index in [4.69, 9.17) is 9.47 Å². The summed E-state index contributed by atoms with van der Waals surface area (Å²) in [5, 5.41) is 5.23. The van der Waals surface area contributed by atoms with Crippen molar-refractivity contribution >= 4 is 23.2 Å². The molecule has 0 aliphatic heterocycles. The molecule has 1 aromatic heterocycles. The zero-order valence-corrected chi connectivity index (χ0v) is 14.1. The molecule has 0 atom stereocenters. The highest BCUT2D eigenvalue weighted by Gasteiger charge is 2.19. The van der Waals surface area contributed by atoms with Crippen molar-refractivity contribution in [3.63, 3.8) is 0 Å². The number of ether oxygens (including phenoxy) is 2. The summed E-state index contributed by atoms with van der Waals surface area (Å²) in [6, 6.07) is 12.9. The van der Waals surface area contributed by atoms with Crippen LogP contribution in [0.1, 0.15) is 21.6 Å². The average Bonchev–Trinajstić information content (AvgIpc) is 2.99. The van der Waals surface area contributed by atoms with Gasteiger partial charge in [-0.05, 0) is 29.8 Å². The Labute approximate surface area is 145 Å². The number of fused-ring (bicyclic) bond motifs is 1. The van der Waals surface area contributed by atoms with E-state index in [-0.39, 0.29) is 6.42 Å². The largest absolute Gasteiger partial charge is 0.497 e. The van der Waals surface area contributed by atoms with Gasteiger partial charge in [-0.15, -0.1) is 0 Å². The summed E-state index contributed by atoms with van der Waals surface area (Å²) in [6.45, 7) is 0.489. The lowest BCUT2D eigenvalue weighted by molar-refractivity contribution is -0.107. The Bertz CT molecular complexity index is 913. The zero-order chi connectivity index (χ0) is 17.8. The van der Waals surface area contributed by atoms with Crippen LogP contribution in [0.15, 0.2) is 42.5 Å². The van der Waals surface area contributed by atoms with Gasteiger partial charge in [0.05, 0.1) is 37.5 Å². The third kappa shape index (κ3) is 3.24. The lowest BCUT2D eigenvalue weighted by Crippen LogP contribution is -2.08. The predicted octanol–water partition coefficient (Wildman–Crippen LogP) is 2.62. The van der Waals surface area contributed by atoms with E-state index in [0.717, 1.165) is 17.6 Å². The van der Waals surface area contributed by atoms with Crippen LogP contribution in [0.4, 0.5) is 0 Å². The Morgan fingerprint density at radius 3 is 2.56 bits per heavy atom. The Balaban J connectivity index is 2.09. The molecule has 0 unspecified atom stereocenters. The van der Waals surface area contributed by atoms with Crippen molar-refractivity contribution in [1.29, 1.82) is 0 Å². The summed E-state index contributed by atoms with van der Waals surface area (Å²) in [5.41, 5.74) is 2.79. The summed E-state index contributed by atoms with van der Waals surface area (Å²) < 4.78 is 11.8. The van der Waals surface area contributed by atoms with E-state index in [1.807, 2.05) is 30.3 Å². The van der Waals surface area contributed by atoms with Gasteiger partial charge >= 0.3 is 5.97 Å². The fourth-order valence-electron chi connectivity index (χ4n) is 2.85. The monoisotopic (exact) mass is 338 g/mol. The molecule has 0 fully saturated rings. The lowest BCUT2D eigenvalue weighted by atomic mass is 10.1. The number of rotatable bonds is 6. The molecular weight excluding hydrogens is 320 g/mol. The fourth-order valence-corrected chi connectivity index (χ4v) is 2.85. The number of benzene rings is 2. The van der Waals surface area contributed by atoms with Gasteiger partial charge in [-0.1, -0.05) is 18.2 Å². The number of aromatic nitrogens is 2. The first-order valence-electron chi connectivity index (χ1n) is 7.81. The Morgan fingerprint density at radius 1 is 1.16 bits per heavy atom. The van der Waals surface area contributed by atoms with Crippen LogP contribution < -0.4 is 4.74 Å². The summed E-state index contributed by atoms with van der Waals surface area (Å²) in [6.07, 6.45) is 0.982. The predicted molar refractivity (Wildman–Crippen MR) is 92.9 cm³/mol. The molecule has 25 heavy (non-hydrogen) atoms. The van der Waals surface area contributed by atoms with Gasteiger partial charge in [-0.25, -0.2) is 4.79 Å². The van der Waals surface area contributed by atoms with Crippen LogP contribution in [0.3, 0.4) is 0 Å². The molecule has 3 rings (SSSR count). The minimum Gasteiger partial charge on any atom is -0.497 e. The van der Waals surface area contributed by atoms with Crippen molar-refractivity contribution in [3.8, 4) is 5.75 Å². The van der Waals surface area contributed by atoms with Crippen LogP contribution in [0.25, 0.3) is 10.9 Å². The Hall–Kier alpha value is -3.15. The summed E-state index contributed by atoms with van der Waals surface area (Å²) in [4.78, 5) is 23.2. The SMILES string of the molecule is COC(=O)c1cccc2nn(Cc3ccc(OC)cc3)c(CC=O)c12. The van der Waals surface area contributed by atoms with Crippen LogP contribution in [0.2, 0.25) is 0 Å². The first kappa shape index (κ1) is 16.7. The van der Waals surface area contributed by atoms with Crippen molar-refractivity contribution in [2.75, 3.05) is 14.2 Å². The maximum Gasteiger partial charge on any atom is 0.338 e. The third-order valence-electron chi connectivity index (χ3n) is 4.04. The van der Waals surface area contributed by atoms with Crippen LogP contribution >= 0.6 is 0 Å². The highest BCUT2D eigenvalue weighted by atomic mass is 16.5. The van der Waals surface area contributed by atoms with Gasteiger partial charge in [0.25, 0.3) is 0 Å². The minimum absolute atomic E-state index is 0.167. The van der Waals surface area contributed by atoms with Gasteiger partial charge in [0.15, 0.2) is 0 Å². The van der Waals surface area contributed by atoms with E-state index in [1.54, 1.807) is 23.9 Å². The van der Waals surface area contributed by atoms with Crippen molar-refractivity contribution in [3.05, 3.63) is 59.3 Å². The first-order chi connectivity index (χ1) is 12.2. The smallest absolute Gasteiger partial charge is 0.338 e. The van der Waals surface area contributed by atoms with E-state index in [2.05, 4.69) is 5.10 Å². The van der Waals surface area contributed by atoms with Gasteiger partial charge in [0, 0.05) is 11.8 Å². The van der Waals surface area contributed by atoms with Crippen molar-refractivity contribution < 1.29 is 19.1 Å². The van der Waals surface area contributed by atoms with E-state index >= 15 is 0 Å². The molecule has 0 saturated carbocycles. The summed E-state index contributed by atoms with van der Waals surface area (Å²) in [7, 11) is 2.95. The maximum absolute atomic E-state index is 12.1. The summed E-state index contributed by atoms with van der Waals surface area (Å²) >= 11 is 0. The van der Waals surface area contributed by atoms with Gasteiger partial charge in [-0.3, -0.25) is 4.68 Å². The van der Waals surface area contributed by atoms with Crippen LogP contribution in [-0.4, -0.2) is 36.3 Å². The molecule has 1 heterocycles. The molecule has 3 aromatic rings. The highest BCUT2D eigenvalue weighted by molar-refractivity contribution is 6.05. The number of hydrogen-bond acceptors (Lipinski definition) is 5. The molecule has 0 saturated heterocycles. The lowest BCUT2D eigenvalue weighted by Gasteiger charge is -2.08. The normalized spacial score (nSPS) is 10.6. The molecule has 0 radical (unpaired) electrons. The van der Waals surface area contributed by atoms with Crippen LogP contribution in [-0.2, 0) is 22.5 Å². The first-order valence-corrected chi connectivity index (χ1v) is 7.81. The quantitative estimate of drug-likeness (QED) is 0.510. The fraction of sp³-hybridized carbons (Fsp3) is 0.211. The molecule has 0 aliphatic rings. The number of carbonyl (C=O) groups is 2. The minimum atomic E-state index is -0.443. The second-order valence-electron chi connectivity index (χ2n) is 5.51. The Kier molecular flexibility index (Phi) is 4.79. The number of nitrogens with zero attached hydrogens (tertiary/aromatic N) is 2. The summed E-state index contributed by atoms with van der Waals surface area (Å²) in [5.74, 6) is 0.331. The van der Waals surface area contributed by atoms with E-state index < -0.39 is 5.97 Å². The van der Waals surface area contributed by atoms with Crippen molar-refractivity contribution in [2.24, 2.45) is 0 Å². The number of hydrogen-bond donors (Lipinski definition) is 0. The Morgan fingerprint density at radius 2 is 1.92 bits per heavy atom. The molecule has 128 valence electrons. The van der Waals surface area contributed by atoms with E-state index in [9.17, 15) is 9.59 Å². The number of esters is 1. The number of methoxy groups -OCH3 is 2. The molecule has 2 aromatic carbocycles. The van der Waals surface area contributed by atoms with Gasteiger partial charge < -0.3 is 14.3 Å². The molecule has 0 N–H and O–H groups in total. The van der Waals surface area contributed by atoms with E-state index in [1.165, 1.54) is 7.11 Å². The van der Waals surface area contributed by atoms with Crippen molar-refractivity contribution in [1.82, 2.24) is 9.78 Å². The van der Waals surface area contributed by atoms with Gasteiger partial charge in [0.1, 0.15) is 12.0 Å². The third-order valence-corrected chi connectivity index (χ3v) is 4.04. The van der Waals surface area contributed by atoms with Crippen LogP contribution in [0.5, 0.6) is 5.75 Å². The molecular formula is C19H18N2O4. The average molecular weight is 338 g/mol. The second-order valence-corrected chi connectivity index (χ2v) is 5.51. The van der Waals surface area contributed by atoms with Gasteiger partial charge in [0.2, 0.25) is 0 Å². The molecule has 0 spiro atoms. The molecule has 6 heteroatoms. The topological polar surface area (TPSA) is 70.4 Å². The molecule has 0 amide bonds. The molecule has 6 nitrogen and oxygen atoms in total. The van der Waals surface area contributed by atoms with E-state index in [0.29, 0.717) is 28.7 Å². The van der Waals surface area contributed by atoms with Gasteiger partial charge in [-0.2, -0.15) is 5.10 Å². The highest BCUT2D eigenvalue weighted by Crippen LogP contribution is 2.25. The standard InChI is InChI=1S/C19H18N2O4/c1-24-14-8-6-13(7-9-14)12-21-17(10-11-22)18-15(19(23)25-2)4-3-5-16(18)20-21/h3-9,11H,10,12H2,1-2H3. The number of carbonyl (C=O) groups excluding carboxylic acids is 2. The zero-order valence-electron chi connectivity index (χ0n) is 14.1.